The Hall–Kier alpha value is -1.22. The fraction of sp³-hybridized carbons (Fsp3) is 0.720. The Labute approximate surface area is 210 Å². The van der Waals surface area contributed by atoms with E-state index in [0.717, 1.165) is 41.9 Å². The summed E-state index contributed by atoms with van der Waals surface area (Å²) in [6, 6.07) is 7.46. The summed E-state index contributed by atoms with van der Waals surface area (Å²) < 4.78 is 11.8. The number of halogens is 1. The third-order valence-corrected chi connectivity index (χ3v) is 7.25. The SMILES string of the molecule is CN=C(NCc1ccc(OC)cc1OC1CCCC1)NC1CCN(C2CCCC2)CC1.I. The molecule has 0 amide bonds. The molecule has 0 aromatic heterocycles. The normalized spacial score (nSPS) is 21.4. The van der Waals surface area contributed by atoms with E-state index in [2.05, 4.69) is 26.6 Å². The molecular formula is C25H41IN4O2. The van der Waals surface area contributed by atoms with Gasteiger partial charge in [-0.1, -0.05) is 12.8 Å². The first-order valence-corrected chi connectivity index (χ1v) is 12.3. The van der Waals surface area contributed by atoms with Crippen LogP contribution in [0, 0.1) is 0 Å². The van der Waals surface area contributed by atoms with Crippen molar-refractivity contribution in [1.82, 2.24) is 15.5 Å². The highest BCUT2D eigenvalue weighted by Crippen LogP contribution is 2.30. The maximum atomic E-state index is 6.34. The summed E-state index contributed by atoms with van der Waals surface area (Å²) in [5, 5.41) is 7.16. The molecule has 2 saturated carbocycles. The van der Waals surface area contributed by atoms with E-state index in [4.69, 9.17) is 9.47 Å². The van der Waals surface area contributed by atoms with E-state index in [9.17, 15) is 0 Å². The molecule has 0 spiro atoms. The molecule has 2 aliphatic carbocycles. The number of aliphatic imine (C=N–C) groups is 1. The second-order valence-electron chi connectivity index (χ2n) is 9.32. The maximum absolute atomic E-state index is 6.34. The van der Waals surface area contributed by atoms with Crippen molar-refractivity contribution in [3.8, 4) is 11.5 Å². The van der Waals surface area contributed by atoms with Crippen molar-refractivity contribution in [1.29, 1.82) is 0 Å². The zero-order chi connectivity index (χ0) is 21.5. The number of guanidine groups is 1. The van der Waals surface area contributed by atoms with Gasteiger partial charge in [-0.15, -0.1) is 24.0 Å². The molecule has 3 fully saturated rings. The van der Waals surface area contributed by atoms with Crippen molar-refractivity contribution in [2.75, 3.05) is 27.2 Å². The monoisotopic (exact) mass is 556 g/mol. The van der Waals surface area contributed by atoms with Gasteiger partial charge in [0.05, 0.1) is 13.2 Å². The van der Waals surface area contributed by atoms with Crippen LogP contribution in [0.2, 0.25) is 0 Å². The standard InChI is InChI=1S/C25H40N4O2.HI/c1-26-25(28-20-13-15-29(16-14-20)21-7-3-4-8-21)27-18-19-11-12-23(30-2)17-24(19)31-22-9-5-6-10-22;/h11-12,17,20-22H,3-10,13-16,18H2,1-2H3,(H2,26,27,28);1H. The molecule has 3 aliphatic rings. The first kappa shape index (κ1) is 25.4. The summed E-state index contributed by atoms with van der Waals surface area (Å²) in [4.78, 5) is 7.19. The first-order valence-electron chi connectivity index (χ1n) is 12.3. The number of nitrogens with zero attached hydrogens (tertiary/aromatic N) is 2. The van der Waals surface area contributed by atoms with Gasteiger partial charge in [0.25, 0.3) is 0 Å². The largest absolute Gasteiger partial charge is 0.497 e. The molecule has 1 aromatic carbocycles. The number of hydrogen-bond donors (Lipinski definition) is 2. The first-order chi connectivity index (χ1) is 15.2. The molecule has 2 N–H and O–H groups in total. The van der Waals surface area contributed by atoms with Crippen LogP contribution in [0.3, 0.4) is 0 Å². The van der Waals surface area contributed by atoms with E-state index < -0.39 is 0 Å². The lowest BCUT2D eigenvalue weighted by Crippen LogP contribution is -2.50. The van der Waals surface area contributed by atoms with Gasteiger partial charge in [0.2, 0.25) is 0 Å². The lowest BCUT2D eigenvalue weighted by Gasteiger charge is -2.36. The van der Waals surface area contributed by atoms with E-state index >= 15 is 0 Å². The molecule has 0 bridgehead atoms. The molecule has 1 aliphatic heterocycles. The van der Waals surface area contributed by atoms with E-state index in [1.165, 1.54) is 64.5 Å². The fourth-order valence-corrected chi connectivity index (χ4v) is 5.35. The van der Waals surface area contributed by atoms with Gasteiger partial charge in [-0.3, -0.25) is 4.99 Å². The predicted octanol–water partition coefficient (Wildman–Crippen LogP) is 4.71. The van der Waals surface area contributed by atoms with Crippen molar-refractivity contribution >= 4 is 29.9 Å². The Morgan fingerprint density at radius 3 is 2.38 bits per heavy atom. The van der Waals surface area contributed by atoms with Gasteiger partial charge < -0.3 is 25.0 Å². The Bertz CT molecular complexity index is 725. The van der Waals surface area contributed by atoms with Gasteiger partial charge in [0.1, 0.15) is 11.5 Å². The molecule has 180 valence electrons. The van der Waals surface area contributed by atoms with E-state index in [-0.39, 0.29) is 24.0 Å². The van der Waals surface area contributed by atoms with Crippen molar-refractivity contribution in [2.24, 2.45) is 4.99 Å². The van der Waals surface area contributed by atoms with Gasteiger partial charge >= 0.3 is 0 Å². The minimum absolute atomic E-state index is 0. The summed E-state index contributed by atoms with van der Waals surface area (Å²) in [6.07, 6.45) is 13.1. The maximum Gasteiger partial charge on any atom is 0.191 e. The highest BCUT2D eigenvalue weighted by molar-refractivity contribution is 14.0. The van der Waals surface area contributed by atoms with Crippen LogP contribution in [0.4, 0.5) is 0 Å². The van der Waals surface area contributed by atoms with Crippen LogP contribution in [0.15, 0.2) is 23.2 Å². The van der Waals surface area contributed by atoms with Gasteiger partial charge in [0, 0.05) is 50.4 Å². The van der Waals surface area contributed by atoms with E-state index in [1.54, 1.807) is 7.11 Å². The zero-order valence-corrected chi connectivity index (χ0v) is 22.1. The van der Waals surface area contributed by atoms with Crippen LogP contribution >= 0.6 is 24.0 Å². The predicted molar refractivity (Wildman–Crippen MR) is 141 cm³/mol. The van der Waals surface area contributed by atoms with Crippen molar-refractivity contribution in [3.05, 3.63) is 23.8 Å². The Morgan fingerprint density at radius 1 is 1.03 bits per heavy atom. The van der Waals surface area contributed by atoms with E-state index in [0.29, 0.717) is 18.7 Å². The third-order valence-electron chi connectivity index (χ3n) is 7.25. The number of benzene rings is 1. The molecule has 1 aromatic rings. The molecule has 7 heteroatoms. The second kappa shape index (κ2) is 12.9. The molecule has 1 heterocycles. The topological polar surface area (TPSA) is 58.1 Å². The molecule has 0 unspecified atom stereocenters. The Morgan fingerprint density at radius 2 is 1.72 bits per heavy atom. The number of ether oxygens (including phenoxy) is 2. The molecule has 32 heavy (non-hydrogen) atoms. The lowest BCUT2D eigenvalue weighted by atomic mass is 10.0. The molecular weight excluding hydrogens is 515 g/mol. The van der Waals surface area contributed by atoms with Gasteiger partial charge in [-0.2, -0.15) is 0 Å². The van der Waals surface area contributed by atoms with Gasteiger partial charge in [-0.05, 0) is 63.5 Å². The zero-order valence-electron chi connectivity index (χ0n) is 19.8. The molecule has 6 nitrogen and oxygen atoms in total. The van der Waals surface area contributed by atoms with Crippen LogP contribution in [-0.2, 0) is 6.54 Å². The Balaban J connectivity index is 0.00000289. The summed E-state index contributed by atoms with van der Waals surface area (Å²) in [5.74, 6) is 2.65. The average Bonchev–Trinajstić information content (AvgIpc) is 3.52. The summed E-state index contributed by atoms with van der Waals surface area (Å²) in [5.41, 5.74) is 1.15. The molecule has 0 atom stereocenters. The van der Waals surface area contributed by atoms with Gasteiger partial charge in [-0.25, -0.2) is 0 Å². The highest BCUT2D eigenvalue weighted by atomic mass is 127. The number of piperidine rings is 1. The summed E-state index contributed by atoms with van der Waals surface area (Å²) >= 11 is 0. The summed E-state index contributed by atoms with van der Waals surface area (Å²) in [7, 11) is 3.56. The van der Waals surface area contributed by atoms with Crippen LogP contribution in [-0.4, -0.2) is 56.3 Å². The minimum atomic E-state index is 0. The number of rotatable bonds is 7. The smallest absolute Gasteiger partial charge is 0.191 e. The number of methoxy groups -OCH3 is 1. The quantitative estimate of drug-likeness (QED) is 0.290. The van der Waals surface area contributed by atoms with Crippen molar-refractivity contribution < 1.29 is 9.47 Å². The minimum Gasteiger partial charge on any atom is -0.497 e. The van der Waals surface area contributed by atoms with Crippen molar-refractivity contribution in [2.45, 2.75) is 88.9 Å². The van der Waals surface area contributed by atoms with Crippen LogP contribution in [0.25, 0.3) is 0 Å². The number of likely N-dealkylation sites (tertiary alicyclic amines) is 1. The molecule has 1 saturated heterocycles. The fourth-order valence-electron chi connectivity index (χ4n) is 5.35. The van der Waals surface area contributed by atoms with Crippen molar-refractivity contribution in [3.63, 3.8) is 0 Å². The second-order valence-corrected chi connectivity index (χ2v) is 9.32. The van der Waals surface area contributed by atoms with E-state index in [1.807, 2.05) is 19.2 Å². The summed E-state index contributed by atoms with van der Waals surface area (Å²) in [6.45, 7) is 3.10. The lowest BCUT2D eigenvalue weighted by molar-refractivity contribution is 0.150. The third kappa shape index (κ3) is 6.89. The average molecular weight is 557 g/mol. The molecule has 0 radical (unpaired) electrons. The van der Waals surface area contributed by atoms with Crippen LogP contribution in [0.1, 0.15) is 69.8 Å². The van der Waals surface area contributed by atoms with Gasteiger partial charge in [0.15, 0.2) is 5.96 Å². The Kier molecular flexibility index (Phi) is 10.2. The number of nitrogens with one attached hydrogen (secondary N) is 2. The highest BCUT2D eigenvalue weighted by Gasteiger charge is 2.27. The number of hydrogen-bond acceptors (Lipinski definition) is 4. The molecule has 4 rings (SSSR count). The van der Waals surface area contributed by atoms with Crippen LogP contribution in [0.5, 0.6) is 11.5 Å². The van der Waals surface area contributed by atoms with Crippen LogP contribution < -0.4 is 20.1 Å².